The number of benzene rings is 2. The Bertz CT molecular complexity index is 757. The normalized spacial score (nSPS) is 11.2. The van der Waals surface area contributed by atoms with Gasteiger partial charge >= 0.3 is 12.1 Å². The predicted octanol–water partition coefficient (Wildman–Crippen LogP) is 4.49. The van der Waals surface area contributed by atoms with E-state index in [1.165, 1.54) is 30.3 Å². The van der Waals surface area contributed by atoms with Crippen molar-refractivity contribution in [3.8, 4) is 11.5 Å². The third-order valence-electron chi connectivity index (χ3n) is 3.66. The molecular weight excluding hydrogens is 349 g/mol. The van der Waals surface area contributed by atoms with Gasteiger partial charge in [-0.1, -0.05) is 24.3 Å². The van der Waals surface area contributed by atoms with Crippen LogP contribution in [0.15, 0.2) is 42.5 Å². The number of carbonyl (C=O) groups excluding carboxylic acids is 1. The molecule has 140 valence electrons. The van der Waals surface area contributed by atoms with Crippen molar-refractivity contribution >= 4 is 5.97 Å². The standard InChI is InChI=1S/C19H19F3O4/c1-2-25-18(24)10-8-13-7-9-15(23)11-17(13)26-12-14-5-3-4-6-16(14)19(20,21)22/h3-7,9,11,23H,2,8,10,12H2,1H3. The molecule has 7 heteroatoms. The molecule has 2 rings (SSSR count). The number of halogens is 3. The van der Waals surface area contributed by atoms with Crippen molar-refractivity contribution in [1.82, 2.24) is 0 Å². The molecule has 4 nitrogen and oxygen atoms in total. The Morgan fingerprint density at radius 3 is 2.54 bits per heavy atom. The van der Waals surface area contributed by atoms with E-state index in [9.17, 15) is 23.1 Å². The number of phenolic OH excluding ortho intramolecular Hbond substituents is 1. The number of ether oxygens (including phenoxy) is 2. The molecule has 2 aromatic rings. The van der Waals surface area contributed by atoms with E-state index < -0.39 is 11.7 Å². The molecule has 0 amide bonds. The van der Waals surface area contributed by atoms with Gasteiger partial charge in [0.15, 0.2) is 0 Å². The summed E-state index contributed by atoms with van der Waals surface area (Å²) in [5.74, 6) is -0.232. The highest BCUT2D eigenvalue weighted by molar-refractivity contribution is 5.69. The Hall–Kier alpha value is -2.70. The van der Waals surface area contributed by atoms with E-state index in [0.29, 0.717) is 5.56 Å². The van der Waals surface area contributed by atoms with E-state index in [1.807, 2.05) is 0 Å². The van der Waals surface area contributed by atoms with E-state index >= 15 is 0 Å². The topological polar surface area (TPSA) is 55.8 Å². The second-order valence-electron chi connectivity index (χ2n) is 5.54. The summed E-state index contributed by atoms with van der Waals surface area (Å²) >= 11 is 0. The minimum Gasteiger partial charge on any atom is -0.508 e. The first-order valence-electron chi connectivity index (χ1n) is 8.06. The molecule has 0 atom stereocenters. The number of phenols is 1. The SMILES string of the molecule is CCOC(=O)CCc1ccc(O)cc1OCc1ccccc1C(F)(F)F. The maximum absolute atomic E-state index is 13.1. The van der Waals surface area contributed by atoms with Crippen molar-refractivity contribution < 1.29 is 32.5 Å². The van der Waals surface area contributed by atoms with Crippen LogP contribution in [0.4, 0.5) is 13.2 Å². The average Bonchev–Trinajstić information content (AvgIpc) is 2.59. The van der Waals surface area contributed by atoms with Gasteiger partial charge in [0.05, 0.1) is 12.2 Å². The van der Waals surface area contributed by atoms with Gasteiger partial charge < -0.3 is 14.6 Å². The fourth-order valence-corrected chi connectivity index (χ4v) is 2.43. The van der Waals surface area contributed by atoms with Crippen LogP contribution < -0.4 is 4.74 Å². The second-order valence-corrected chi connectivity index (χ2v) is 5.54. The molecule has 2 aromatic carbocycles. The highest BCUT2D eigenvalue weighted by Crippen LogP contribution is 2.33. The Morgan fingerprint density at radius 1 is 1.12 bits per heavy atom. The van der Waals surface area contributed by atoms with Crippen LogP contribution in [-0.2, 0) is 28.7 Å². The Balaban J connectivity index is 2.15. The van der Waals surface area contributed by atoms with Gasteiger partial charge in [-0.15, -0.1) is 0 Å². The highest BCUT2D eigenvalue weighted by Gasteiger charge is 2.33. The summed E-state index contributed by atoms with van der Waals surface area (Å²) in [5.41, 5.74) is -0.187. The fourth-order valence-electron chi connectivity index (χ4n) is 2.43. The number of aromatic hydroxyl groups is 1. The Kier molecular flexibility index (Phi) is 6.49. The molecule has 1 N–H and O–H groups in total. The fraction of sp³-hybridized carbons (Fsp3) is 0.316. The largest absolute Gasteiger partial charge is 0.508 e. The van der Waals surface area contributed by atoms with E-state index in [-0.39, 0.29) is 49.1 Å². The lowest BCUT2D eigenvalue weighted by Crippen LogP contribution is -2.11. The van der Waals surface area contributed by atoms with E-state index in [1.54, 1.807) is 13.0 Å². The van der Waals surface area contributed by atoms with Crippen LogP contribution in [0.25, 0.3) is 0 Å². The van der Waals surface area contributed by atoms with Crippen LogP contribution in [0.2, 0.25) is 0 Å². The van der Waals surface area contributed by atoms with Crippen LogP contribution in [0.5, 0.6) is 11.5 Å². The molecular formula is C19H19F3O4. The quantitative estimate of drug-likeness (QED) is 0.732. The third kappa shape index (κ3) is 5.40. The van der Waals surface area contributed by atoms with Gasteiger partial charge in [-0.2, -0.15) is 13.2 Å². The van der Waals surface area contributed by atoms with Gasteiger partial charge in [-0.25, -0.2) is 0 Å². The van der Waals surface area contributed by atoms with E-state index in [0.717, 1.165) is 6.07 Å². The molecule has 0 aromatic heterocycles. The third-order valence-corrected chi connectivity index (χ3v) is 3.66. The maximum atomic E-state index is 13.1. The lowest BCUT2D eigenvalue weighted by atomic mass is 10.1. The number of aryl methyl sites for hydroxylation is 1. The number of alkyl halides is 3. The summed E-state index contributed by atoms with van der Waals surface area (Å²) in [6.45, 7) is 1.66. The number of hydrogen-bond donors (Lipinski definition) is 1. The summed E-state index contributed by atoms with van der Waals surface area (Å²) in [4.78, 5) is 11.5. The molecule has 0 radical (unpaired) electrons. The van der Waals surface area contributed by atoms with Crippen molar-refractivity contribution in [2.24, 2.45) is 0 Å². The van der Waals surface area contributed by atoms with Crippen LogP contribution in [0.3, 0.4) is 0 Å². The van der Waals surface area contributed by atoms with Crippen LogP contribution in [-0.4, -0.2) is 17.7 Å². The lowest BCUT2D eigenvalue weighted by Gasteiger charge is -2.15. The van der Waals surface area contributed by atoms with Gasteiger partial charge in [-0.05, 0) is 31.0 Å². The maximum Gasteiger partial charge on any atom is 0.416 e. The minimum atomic E-state index is -4.48. The van der Waals surface area contributed by atoms with Crippen LogP contribution in [0, 0.1) is 0 Å². The molecule has 0 aliphatic rings. The predicted molar refractivity (Wildman–Crippen MR) is 88.8 cm³/mol. The van der Waals surface area contributed by atoms with Gasteiger partial charge in [0.1, 0.15) is 18.1 Å². The Morgan fingerprint density at radius 2 is 1.85 bits per heavy atom. The van der Waals surface area contributed by atoms with E-state index in [4.69, 9.17) is 9.47 Å². The van der Waals surface area contributed by atoms with Crippen molar-refractivity contribution in [2.75, 3.05) is 6.61 Å². The molecule has 26 heavy (non-hydrogen) atoms. The zero-order valence-electron chi connectivity index (χ0n) is 14.2. The van der Waals surface area contributed by atoms with Gasteiger partial charge in [-0.3, -0.25) is 4.79 Å². The summed E-state index contributed by atoms with van der Waals surface area (Å²) in [5, 5.41) is 9.63. The molecule has 0 saturated carbocycles. The van der Waals surface area contributed by atoms with Crippen LogP contribution in [0.1, 0.15) is 30.0 Å². The summed E-state index contributed by atoms with van der Waals surface area (Å²) in [6.07, 6.45) is -4.09. The number of esters is 1. The van der Waals surface area contributed by atoms with Gasteiger partial charge in [0.2, 0.25) is 0 Å². The Labute approximate surface area is 149 Å². The zero-order chi connectivity index (χ0) is 19.2. The molecule has 0 saturated heterocycles. The molecule has 0 spiro atoms. The summed E-state index contributed by atoms with van der Waals surface area (Å²) in [6, 6.07) is 9.45. The van der Waals surface area contributed by atoms with Gasteiger partial charge in [0, 0.05) is 18.1 Å². The lowest BCUT2D eigenvalue weighted by molar-refractivity contribution is -0.143. The zero-order valence-corrected chi connectivity index (χ0v) is 14.2. The second kappa shape index (κ2) is 8.60. The van der Waals surface area contributed by atoms with Crippen molar-refractivity contribution in [1.29, 1.82) is 0 Å². The molecule has 0 heterocycles. The average molecular weight is 368 g/mol. The first-order valence-corrected chi connectivity index (χ1v) is 8.06. The number of carbonyl (C=O) groups is 1. The molecule has 0 aliphatic carbocycles. The molecule has 0 fully saturated rings. The summed E-state index contributed by atoms with van der Waals surface area (Å²) in [7, 11) is 0. The molecule has 0 bridgehead atoms. The van der Waals surface area contributed by atoms with Crippen molar-refractivity contribution in [3.05, 3.63) is 59.2 Å². The number of rotatable bonds is 7. The van der Waals surface area contributed by atoms with Crippen molar-refractivity contribution in [2.45, 2.75) is 32.5 Å². The minimum absolute atomic E-state index is 0.0142. The van der Waals surface area contributed by atoms with E-state index in [2.05, 4.69) is 0 Å². The van der Waals surface area contributed by atoms with Crippen molar-refractivity contribution in [3.63, 3.8) is 0 Å². The van der Waals surface area contributed by atoms with Crippen LogP contribution >= 0.6 is 0 Å². The van der Waals surface area contributed by atoms with Gasteiger partial charge in [0.25, 0.3) is 0 Å². The smallest absolute Gasteiger partial charge is 0.416 e. The summed E-state index contributed by atoms with van der Waals surface area (Å²) < 4.78 is 49.5. The monoisotopic (exact) mass is 368 g/mol. The first kappa shape index (κ1) is 19.6. The first-order chi connectivity index (χ1) is 12.3. The highest BCUT2D eigenvalue weighted by atomic mass is 19.4. The number of hydrogen-bond acceptors (Lipinski definition) is 4. The molecule has 0 unspecified atom stereocenters. The molecule has 0 aliphatic heterocycles.